The van der Waals surface area contributed by atoms with Crippen LogP contribution in [0.5, 0.6) is 0 Å². The van der Waals surface area contributed by atoms with Crippen LogP contribution in [-0.2, 0) is 16.1 Å². The third-order valence-corrected chi connectivity index (χ3v) is 11.6. The summed E-state index contributed by atoms with van der Waals surface area (Å²) in [4.78, 5) is 58.5. The van der Waals surface area contributed by atoms with Gasteiger partial charge in [0.25, 0.3) is 0 Å². The predicted octanol–water partition coefficient (Wildman–Crippen LogP) is 5.34. The lowest BCUT2D eigenvalue weighted by Crippen LogP contribution is -2.56. The molecule has 2 amide bonds. The summed E-state index contributed by atoms with van der Waals surface area (Å²) in [6.07, 6.45) is 10.3. The Labute approximate surface area is 287 Å². The van der Waals surface area contributed by atoms with Gasteiger partial charge in [0.2, 0.25) is 11.8 Å². The van der Waals surface area contributed by atoms with Gasteiger partial charge in [-0.2, -0.15) is 5.10 Å². The molecule has 248 valence electrons. The van der Waals surface area contributed by atoms with Crippen molar-refractivity contribution in [3.05, 3.63) is 64.4 Å². The first kappa shape index (κ1) is 31.3. The van der Waals surface area contributed by atoms with Crippen LogP contribution in [0.25, 0.3) is 22.0 Å². The van der Waals surface area contributed by atoms with Gasteiger partial charge >= 0.3 is 0 Å². The fourth-order valence-corrected chi connectivity index (χ4v) is 8.97. The zero-order chi connectivity index (χ0) is 33.4. The maximum Gasteiger partial charge on any atom is 0.248 e. The standard InChI is InChI=1S/C36H39BrN8O3/c1-21-6-9-30(37)40-33(21)41-34(48)28-13-36(20-43-18-35(19-43)10-4-5-11-35)14-29(36)45(28)31(47)17-44-27-8-7-24(25-15-38-23(3)39-16-25)12-26(27)32(42-44)22(2)46/h6-9,12,15-16,28-29H,4-5,10-11,13-14,17-20H2,1-3H3,(H,40,41,48)/t28-,29?,36-/m0/s1. The number of nitrogens with one attached hydrogen (secondary N) is 1. The zero-order valence-electron chi connectivity index (χ0n) is 27.5. The van der Waals surface area contributed by atoms with Gasteiger partial charge in [-0.1, -0.05) is 25.0 Å². The molecular formula is C36H39BrN8O3. The Morgan fingerprint density at radius 3 is 2.48 bits per heavy atom. The molecule has 1 aromatic carbocycles. The van der Waals surface area contributed by atoms with Gasteiger partial charge in [-0.15, -0.1) is 0 Å². The molecule has 3 aromatic heterocycles. The smallest absolute Gasteiger partial charge is 0.248 e. The highest BCUT2D eigenvalue weighted by atomic mass is 79.9. The largest absolute Gasteiger partial charge is 0.325 e. The molecule has 11 nitrogen and oxygen atoms in total. The number of piperidine rings is 1. The van der Waals surface area contributed by atoms with Crippen LogP contribution < -0.4 is 5.32 Å². The van der Waals surface area contributed by atoms with Crippen molar-refractivity contribution in [1.82, 2.24) is 34.5 Å². The highest BCUT2D eigenvalue weighted by Gasteiger charge is 2.68. The molecule has 2 aliphatic heterocycles. The van der Waals surface area contributed by atoms with E-state index in [9.17, 15) is 14.4 Å². The van der Waals surface area contributed by atoms with Gasteiger partial charge in [0.1, 0.15) is 34.5 Å². The van der Waals surface area contributed by atoms with E-state index in [-0.39, 0.29) is 35.6 Å². The molecule has 1 spiro atoms. The SMILES string of the molecule is CC(=O)c1nn(CC(=O)N2C3C[C@]3(CN3CC4(CCCC4)C3)C[C@H]2C(=O)Nc2nc(Br)ccc2C)c2ccc(-c3cnc(C)nc3)cc12. The number of Topliss-reactive ketones (excluding diaryl/α,β-unsaturated/α-hetero) is 1. The van der Waals surface area contributed by atoms with Gasteiger partial charge < -0.3 is 15.1 Å². The van der Waals surface area contributed by atoms with Crippen LogP contribution in [0.15, 0.2) is 47.3 Å². The number of halogens is 1. The number of rotatable bonds is 8. The molecule has 1 N–H and O–H groups in total. The summed E-state index contributed by atoms with van der Waals surface area (Å²) in [5, 5.41) is 8.34. The molecule has 1 unspecified atom stereocenters. The minimum absolute atomic E-state index is 0.0142. The van der Waals surface area contributed by atoms with E-state index in [1.807, 2.05) is 49.1 Å². The topological polar surface area (TPSA) is 126 Å². The first-order valence-electron chi connectivity index (χ1n) is 16.8. The number of anilines is 1. The number of hydrogen-bond acceptors (Lipinski definition) is 8. The van der Waals surface area contributed by atoms with Crippen LogP contribution in [0.4, 0.5) is 5.82 Å². The van der Waals surface area contributed by atoms with Crippen molar-refractivity contribution in [3.63, 3.8) is 0 Å². The molecule has 5 heterocycles. The highest BCUT2D eigenvalue weighted by Crippen LogP contribution is 2.61. The third-order valence-electron chi connectivity index (χ3n) is 11.1. The summed E-state index contributed by atoms with van der Waals surface area (Å²) in [6.45, 7) is 8.30. The van der Waals surface area contributed by atoms with Crippen molar-refractivity contribution >= 4 is 50.2 Å². The van der Waals surface area contributed by atoms with Crippen molar-refractivity contribution in [2.45, 2.75) is 77.9 Å². The number of hydrogen-bond donors (Lipinski definition) is 1. The Hall–Kier alpha value is -4.03. The number of aryl methyl sites for hydroxylation is 2. The molecular weight excluding hydrogens is 672 g/mol. The van der Waals surface area contributed by atoms with Crippen LogP contribution in [0, 0.1) is 24.7 Å². The molecule has 2 saturated carbocycles. The van der Waals surface area contributed by atoms with Gasteiger partial charge in [0, 0.05) is 61.4 Å². The molecule has 4 fully saturated rings. The van der Waals surface area contributed by atoms with E-state index in [0.29, 0.717) is 44.7 Å². The fraction of sp³-hybridized carbons (Fsp3) is 0.472. The molecule has 0 radical (unpaired) electrons. The Balaban J connectivity index is 1.07. The quantitative estimate of drug-likeness (QED) is 0.192. The van der Waals surface area contributed by atoms with Crippen LogP contribution in [-0.4, -0.2) is 83.8 Å². The van der Waals surface area contributed by atoms with Gasteiger partial charge in [0.05, 0.1) is 5.52 Å². The molecule has 4 aromatic rings. The van der Waals surface area contributed by atoms with Gasteiger partial charge in [0.15, 0.2) is 5.78 Å². The molecule has 2 saturated heterocycles. The van der Waals surface area contributed by atoms with E-state index in [1.54, 1.807) is 17.1 Å². The number of ketones is 1. The fourth-order valence-electron chi connectivity index (χ4n) is 8.66. The Bertz CT molecular complexity index is 1960. The second kappa shape index (κ2) is 11.5. The molecule has 8 rings (SSSR count). The van der Waals surface area contributed by atoms with Crippen LogP contribution in [0.2, 0.25) is 0 Å². The van der Waals surface area contributed by atoms with Crippen LogP contribution in [0.1, 0.15) is 67.3 Å². The molecule has 48 heavy (non-hydrogen) atoms. The number of carbonyl (C=O) groups excluding carboxylic acids is 3. The van der Waals surface area contributed by atoms with Crippen LogP contribution in [0.3, 0.4) is 0 Å². The van der Waals surface area contributed by atoms with E-state index in [4.69, 9.17) is 0 Å². The third kappa shape index (κ3) is 5.42. The number of fused-ring (bicyclic) bond motifs is 2. The van der Waals surface area contributed by atoms with E-state index in [2.05, 4.69) is 46.2 Å². The predicted molar refractivity (Wildman–Crippen MR) is 184 cm³/mol. The summed E-state index contributed by atoms with van der Waals surface area (Å²) >= 11 is 3.41. The minimum Gasteiger partial charge on any atom is -0.325 e. The summed E-state index contributed by atoms with van der Waals surface area (Å²) in [6, 6.07) is 8.82. The lowest BCUT2D eigenvalue weighted by molar-refractivity contribution is -0.138. The molecule has 0 bridgehead atoms. The number of aromatic nitrogens is 5. The van der Waals surface area contributed by atoms with E-state index in [1.165, 1.54) is 32.6 Å². The van der Waals surface area contributed by atoms with Gasteiger partial charge in [-0.25, -0.2) is 15.0 Å². The molecule has 4 aliphatic rings. The van der Waals surface area contributed by atoms with E-state index >= 15 is 0 Å². The first-order valence-corrected chi connectivity index (χ1v) is 17.6. The zero-order valence-corrected chi connectivity index (χ0v) is 29.1. The molecule has 12 heteroatoms. The van der Waals surface area contributed by atoms with Crippen molar-refractivity contribution in [2.75, 3.05) is 25.0 Å². The summed E-state index contributed by atoms with van der Waals surface area (Å²) < 4.78 is 2.24. The number of likely N-dealkylation sites (tertiary alicyclic amines) is 2. The van der Waals surface area contributed by atoms with Crippen LogP contribution >= 0.6 is 15.9 Å². The number of pyridine rings is 1. The number of nitrogens with zero attached hydrogens (tertiary/aromatic N) is 7. The average Bonchev–Trinajstić information content (AvgIpc) is 3.36. The van der Waals surface area contributed by atoms with Gasteiger partial charge in [-0.3, -0.25) is 19.1 Å². The number of carbonyl (C=O) groups is 3. The first-order chi connectivity index (χ1) is 23.0. The molecule has 3 atom stereocenters. The average molecular weight is 712 g/mol. The number of amides is 2. The second-order valence-corrected chi connectivity index (χ2v) is 15.4. The summed E-state index contributed by atoms with van der Waals surface area (Å²) in [7, 11) is 0. The Morgan fingerprint density at radius 1 is 1.00 bits per heavy atom. The normalized spacial score (nSPS) is 24.1. The Morgan fingerprint density at radius 2 is 1.75 bits per heavy atom. The van der Waals surface area contributed by atoms with E-state index in [0.717, 1.165) is 42.7 Å². The van der Waals surface area contributed by atoms with Crippen molar-refractivity contribution in [2.24, 2.45) is 10.8 Å². The lowest BCUT2D eigenvalue weighted by Gasteiger charge is -2.49. The van der Waals surface area contributed by atoms with Crippen molar-refractivity contribution < 1.29 is 14.4 Å². The maximum absolute atomic E-state index is 14.3. The van der Waals surface area contributed by atoms with Gasteiger partial charge in [-0.05, 0) is 90.2 Å². The molecule has 2 aliphatic carbocycles. The van der Waals surface area contributed by atoms with E-state index < -0.39 is 6.04 Å². The number of benzene rings is 1. The second-order valence-electron chi connectivity index (χ2n) is 14.6. The minimum atomic E-state index is -0.625. The maximum atomic E-state index is 14.3. The van der Waals surface area contributed by atoms with Crippen molar-refractivity contribution in [3.8, 4) is 11.1 Å². The highest BCUT2D eigenvalue weighted by molar-refractivity contribution is 9.10. The Kier molecular flexibility index (Phi) is 7.52. The summed E-state index contributed by atoms with van der Waals surface area (Å²) in [5.41, 5.74) is 3.91. The lowest BCUT2D eigenvalue weighted by atomic mass is 9.77. The monoisotopic (exact) mass is 710 g/mol. The van der Waals surface area contributed by atoms with Crippen molar-refractivity contribution in [1.29, 1.82) is 0 Å². The summed E-state index contributed by atoms with van der Waals surface area (Å²) in [5.74, 6) is 0.578.